The zero-order chi connectivity index (χ0) is 14.5. The maximum absolute atomic E-state index is 12.6. The highest BCUT2D eigenvalue weighted by atomic mass is 16.1. The molecule has 3 heteroatoms. The van der Waals surface area contributed by atoms with Gasteiger partial charge < -0.3 is 0 Å². The Morgan fingerprint density at radius 3 is 2.40 bits per heavy atom. The third-order valence-electron chi connectivity index (χ3n) is 5.65. The van der Waals surface area contributed by atoms with Crippen molar-refractivity contribution in [1.29, 1.82) is 0 Å². The Hall–Kier alpha value is -1.64. The van der Waals surface area contributed by atoms with Crippen LogP contribution in [0.15, 0.2) is 29.4 Å². The molecule has 3 rings (SSSR count). The van der Waals surface area contributed by atoms with E-state index in [0.29, 0.717) is 0 Å². The molecule has 0 amide bonds. The van der Waals surface area contributed by atoms with Crippen LogP contribution in [0.4, 0.5) is 5.69 Å². The number of hydrogen-bond acceptors (Lipinski definition) is 3. The van der Waals surface area contributed by atoms with Gasteiger partial charge >= 0.3 is 0 Å². The Morgan fingerprint density at radius 2 is 1.85 bits per heavy atom. The first-order chi connectivity index (χ1) is 9.36. The van der Waals surface area contributed by atoms with Gasteiger partial charge in [-0.3, -0.25) is 10.2 Å². The molecule has 1 N–H and O–H groups in total. The first-order valence-corrected chi connectivity index (χ1v) is 7.31. The van der Waals surface area contributed by atoms with E-state index >= 15 is 0 Å². The number of fused-ring (bicyclic) bond motifs is 2. The second kappa shape index (κ2) is 4.18. The number of nitrogens with zero attached hydrogens (tertiary/aromatic N) is 1. The van der Waals surface area contributed by atoms with Gasteiger partial charge in [-0.15, -0.1) is 0 Å². The van der Waals surface area contributed by atoms with E-state index in [1.165, 1.54) is 5.56 Å². The molecule has 2 aliphatic rings. The number of aryl methyl sites for hydroxylation is 1. The predicted octanol–water partition coefficient (Wildman–Crippen LogP) is 3.79. The molecule has 0 radical (unpaired) electrons. The highest BCUT2D eigenvalue weighted by molar-refractivity contribution is 6.45. The van der Waals surface area contributed by atoms with Crippen molar-refractivity contribution in [1.82, 2.24) is 0 Å². The van der Waals surface area contributed by atoms with E-state index in [-0.39, 0.29) is 22.5 Å². The van der Waals surface area contributed by atoms with Crippen molar-refractivity contribution in [2.24, 2.45) is 21.8 Å². The van der Waals surface area contributed by atoms with Gasteiger partial charge in [0.1, 0.15) is 5.71 Å². The van der Waals surface area contributed by atoms with Crippen molar-refractivity contribution in [3.63, 3.8) is 0 Å². The zero-order valence-electron chi connectivity index (χ0n) is 12.7. The largest absolute Gasteiger partial charge is 0.292 e. The van der Waals surface area contributed by atoms with Crippen molar-refractivity contribution < 1.29 is 4.79 Å². The third-order valence-corrected chi connectivity index (χ3v) is 5.65. The summed E-state index contributed by atoms with van der Waals surface area (Å²) in [6, 6.07) is 8.06. The van der Waals surface area contributed by atoms with Crippen molar-refractivity contribution in [2.75, 3.05) is 5.43 Å². The number of benzene rings is 1. The second-order valence-electron chi connectivity index (χ2n) is 6.95. The number of ketones is 1. The summed E-state index contributed by atoms with van der Waals surface area (Å²) in [5.74, 6) is 0.524. The predicted molar refractivity (Wildman–Crippen MR) is 81.9 cm³/mol. The Labute approximate surface area is 120 Å². The molecule has 106 valence electrons. The van der Waals surface area contributed by atoms with Gasteiger partial charge in [0.15, 0.2) is 5.78 Å². The summed E-state index contributed by atoms with van der Waals surface area (Å²) in [6.45, 7) is 8.57. The fourth-order valence-electron chi connectivity index (χ4n) is 3.71. The summed E-state index contributed by atoms with van der Waals surface area (Å²) in [4.78, 5) is 12.6. The lowest BCUT2D eigenvalue weighted by Gasteiger charge is -2.31. The van der Waals surface area contributed by atoms with Crippen LogP contribution in [0.1, 0.15) is 39.2 Å². The maximum atomic E-state index is 12.6. The highest BCUT2D eigenvalue weighted by Gasteiger charge is 2.65. The average molecular weight is 270 g/mol. The number of nitrogens with one attached hydrogen (secondary N) is 1. The molecule has 0 spiro atoms. The Balaban J connectivity index is 1.87. The number of carbonyl (C=O) groups excluding carboxylic acids is 1. The van der Waals surface area contributed by atoms with Gasteiger partial charge in [-0.2, -0.15) is 5.10 Å². The Bertz CT molecular complexity index is 586. The van der Waals surface area contributed by atoms with Crippen LogP contribution in [-0.4, -0.2) is 11.5 Å². The second-order valence-corrected chi connectivity index (χ2v) is 6.95. The van der Waals surface area contributed by atoms with Crippen LogP contribution in [0.25, 0.3) is 0 Å². The van der Waals surface area contributed by atoms with Crippen molar-refractivity contribution >= 4 is 17.2 Å². The van der Waals surface area contributed by atoms with Crippen LogP contribution in [0.2, 0.25) is 0 Å². The molecule has 2 bridgehead atoms. The molecule has 0 saturated heterocycles. The molecule has 20 heavy (non-hydrogen) atoms. The van der Waals surface area contributed by atoms with Crippen molar-refractivity contribution in [2.45, 2.75) is 40.5 Å². The normalized spacial score (nSPS) is 32.9. The van der Waals surface area contributed by atoms with E-state index in [4.69, 9.17) is 0 Å². The van der Waals surface area contributed by atoms with Gasteiger partial charge in [0, 0.05) is 11.3 Å². The monoisotopic (exact) mass is 270 g/mol. The van der Waals surface area contributed by atoms with Crippen LogP contribution in [-0.2, 0) is 4.79 Å². The molecule has 0 aliphatic heterocycles. The number of rotatable bonds is 2. The summed E-state index contributed by atoms with van der Waals surface area (Å²) in [7, 11) is 0. The zero-order valence-corrected chi connectivity index (χ0v) is 12.7. The first-order valence-electron chi connectivity index (χ1n) is 7.31. The molecule has 1 aromatic carbocycles. The summed E-state index contributed by atoms with van der Waals surface area (Å²) in [5.41, 5.74) is 5.73. The number of Topliss-reactive ketones (excluding diaryl/α,β-unsaturated/α-hetero) is 1. The Morgan fingerprint density at radius 1 is 1.20 bits per heavy atom. The minimum absolute atomic E-state index is 0.0257. The van der Waals surface area contributed by atoms with Crippen LogP contribution in [0.5, 0.6) is 0 Å². The van der Waals surface area contributed by atoms with E-state index in [0.717, 1.165) is 24.2 Å². The minimum Gasteiger partial charge on any atom is -0.292 e. The Kier molecular flexibility index (Phi) is 2.79. The fraction of sp³-hybridized carbons (Fsp3) is 0.529. The van der Waals surface area contributed by atoms with Crippen LogP contribution in [0, 0.1) is 23.7 Å². The number of anilines is 1. The van der Waals surface area contributed by atoms with Crippen molar-refractivity contribution in [3.05, 3.63) is 29.8 Å². The lowest BCUT2D eigenvalue weighted by molar-refractivity contribution is -0.123. The minimum atomic E-state index is -0.231. The molecule has 2 unspecified atom stereocenters. The van der Waals surface area contributed by atoms with Gasteiger partial charge in [-0.05, 0) is 37.3 Å². The smallest absolute Gasteiger partial charge is 0.185 e. The molecule has 2 fully saturated rings. The van der Waals surface area contributed by atoms with E-state index < -0.39 is 0 Å². The quantitative estimate of drug-likeness (QED) is 0.831. The number of carbonyl (C=O) groups is 1. The van der Waals surface area contributed by atoms with Crippen molar-refractivity contribution in [3.8, 4) is 0 Å². The lowest BCUT2D eigenvalue weighted by Crippen LogP contribution is -2.33. The van der Waals surface area contributed by atoms with E-state index in [1.807, 2.05) is 24.3 Å². The van der Waals surface area contributed by atoms with Gasteiger partial charge in [0.2, 0.25) is 0 Å². The summed E-state index contributed by atoms with van der Waals surface area (Å²) in [6.07, 6.45) is 2.07. The van der Waals surface area contributed by atoms with Crippen LogP contribution in [0.3, 0.4) is 0 Å². The molecule has 2 atom stereocenters. The molecule has 2 saturated carbocycles. The SMILES string of the molecule is Cc1ccc(NN=C2C(=O)C3(C)CCC2C3(C)C)cc1. The van der Waals surface area contributed by atoms with Gasteiger partial charge in [-0.25, -0.2) is 0 Å². The molecular weight excluding hydrogens is 248 g/mol. The van der Waals surface area contributed by atoms with Crippen LogP contribution >= 0.6 is 0 Å². The van der Waals surface area contributed by atoms with E-state index in [2.05, 4.69) is 38.2 Å². The van der Waals surface area contributed by atoms with Gasteiger partial charge in [0.25, 0.3) is 0 Å². The van der Waals surface area contributed by atoms with E-state index in [9.17, 15) is 4.79 Å². The first kappa shape index (κ1) is 13.3. The topological polar surface area (TPSA) is 41.5 Å². The summed E-state index contributed by atoms with van der Waals surface area (Å²) >= 11 is 0. The molecule has 0 heterocycles. The maximum Gasteiger partial charge on any atom is 0.185 e. The van der Waals surface area contributed by atoms with E-state index in [1.54, 1.807) is 0 Å². The molecule has 0 aromatic heterocycles. The van der Waals surface area contributed by atoms with Gasteiger partial charge in [-0.1, -0.05) is 38.5 Å². The average Bonchev–Trinajstić information content (AvgIpc) is 2.71. The highest BCUT2D eigenvalue weighted by Crippen LogP contribution is 2.62. The summed E-state index contributed by atoms with van der Waals surface area (Å²) < 4.78 is 0. The third kappa shape index (κ3) is 1.65. The number of hydrazone groups is 1. The van der Waals surface area contributed by atoms with Gasteiger partial charge in [0.05, 0.1) is 5.69 Å². The molecule has 1 aromatic rings. The number of hydrogen-bond donors (Lipinski definition) is 1. The molecule has 3 nitrogen and oxygen atoms in total. The standard InChI is InChI=1S/C17H22N2O/c1-11-5-7-12(8-6-11)18-19-14-13-9-10-17(4,15(14)20)16(13,2)3/h5-8,13,18H,9-10H2,1-4H3. The fourth-order valence-corrected chi connectivity index (χ4v) is 3.71. The molecular formula is C17H22N2O. The molecule has 2 aliphatic carbocycles. The van der Waals surface area contributed by atoms with Crippen LogP contribution < -0.4 is 5.43 Å². The lowest BCUT2D eigenvalue weighted by atomic mass is 9.70. The summed E-state index contributed by atoms with van der Waals surface area (Å²) in [5, 5.41) is 4.44.